The standard InChI is InChI=1S/C9H17NO.ClH/c1-11-9(7-10)6-5-8(9)3-2-4-8;/h2-7,10H2,1H3;1H. The minimum absolute atomic E-state index is 0. The van der Waals surface area contributed by atoms with E-state index in [2.05, 4.69) is 0 Å². The third kappa shape index (κ3) is 0.949. The topological polar surface area (TPSA) is 35.2 Å². The second kappa shape index (κ2) is 3.17. The number of nitrogens with two attached hydrogens (primary N) is 1. The van der Waals surface area contributed by atoms with E-state index in [0.29, 0.717) is 12.0 Å². The highest BCUT2D eigenvalue weighted by molar-refractivity contribution is 5.85. The molecule has 2 aliphatic rings. The molecule has 12 heavy (non-hydrogen) atoms. The van der Waals surface area contributed by atoms with Gasteiger partial charge in [0, 0.05) is 19.1 Å². The van der Waals surface area contributed by atoms with E-state index in [-0.39, 0.29) is 18.0 Å². The van der Waals surface area contributed by atoms with Crippen LogP contribution in [0.4, 0.5) is 0 Å². The van der Waals surface area contributed by atoms with E-state index in [1.807, 2.05) is 7.11 Å². The summed E-state index contributed by atoms with van der Waals surface area (Å²) in [6, 6.07) is 0. The molecule has 0 radical (unpaired) electrons. The summed E-state index contributed by atoms with van der Waals surface area (Å²) in [5.74, 6) is 0. The van der Waals surface area contributed by atoms with Crippen molar-refractivity contribution in [3.8, 4) is 0 Å². The van der Waals surface area contributed by atoms with E-state index < -0.39 is 0 Å². The van der Waals surface area contributed by atoms with Crippen LogP contribution >= 0.6 is 12.4 Å². The first-order valence-electron chi connectivity index (χ1n) is 4.54. The Kier molecular flexibility index (Phi) is 2.72. The predicted molar refractivity (Wildman–Crippen MR) is 51.6 cm³/mol. The van der Waals surface area contributed by atoms with Crippen LogP contribution in [0.1, 0.15) is 32.1 Å². The van der Waals surface area contributed by atoms with Crippen molar-refractivity contribution in [3.63, 3.8) is 0 Å². The van der Waals surface area contributed by atoms with Crippen molar-refractivity contribution in [2.45, 2.75) is 37.7 Å². The first-order valence-corrected chi connectivity index (χ1v) is 4.54. The first kappa shape index (κ1) is 10.3. The Bertz CT molecular complexity index is 153. The molecule has 0 aromatic carbocycles. The van der Waals surface area contributed by atoms with Gasteiger partial charge in [0.15, 0.2) is 0 Å². The molecule has 1 atom stereocenters. The second-order valence-corrected chi connectivity index (χ2v) is 4.04. The van der Waals surface area contributed by atoms with Crippen molar-refractivity contribution in [2.75, 3.05) is 13.7 Å². The molecule has 2 nitrogen and oxygen atoms in total. The number of ether oxygens (including phenoxy) is 1. The van der Waals surface area contributed by atoms with Gasteiger partial charge in [-0.15, -0.1) is 12.4 Å². The van der Waals surface area contributed by atoms with Crippen LogP contribution in [0.25, 0.3) is 0 Å². The maximum atomic E-state index is 5.74. The van der Waals surface area contributed by atoms with E-state index in [1.54, 1.807) is 0 Å². The van der Waals surface area contributed by atoms with Crippen molar-refractivity contribution in [1.29, 1.82) is 0 Å². The molecule has 0 bridgehead atoms. The molecule has 0 aliphatic heterocycles. The number of hydrogen-bond donors (Lipinski definition) is 1. The predicted octanol–water partition coefficient (Wildman–Crippen LogP) is 1.72. The van der Waals surface area contributed by atoms with E-state index in [1.165, 1.54) is 32.1 Å². The van der Waals surface area contributed by atoms with Crippen LogP contribution in [-0.2, 0) is 4.74 Å². The molecule has 2 aliphatic carbocycles. The molecule has 0 amide bonds. The molecular weight excluding hydrogens is 174 g/mol. The van der Waals surface area contributed by atoms with Gasteiger partial charge in [0.25, 0.3) is 0 Å². The zero-order valence-corrected chi connectivity index (χ0v) is 8.45. The van der Waals surface area contributed by atoms with Crippen molar-refractivity contribution in [2.24, 2.45) is 11.1 Å². The minimum Gasteiger partial charge on any atom is -0.376 e. The monoisotopic (exact) mass is 191 g/mol. The largest absolute Gasteiger partial charge is 0.376 e. The summed E-state index contributed by atoms with van der Waals surface area (Å²) in [6.07, 6.45) is 6.60. The molecule has 2 saturated carbocycles. The molecule has 0 saturated heterocycles. The van der Waals surface area contributed by atoms with Crippen LogP contribution in [0.5, 0.6) is 0 Å². The van der Waals surface area contributed by atoms with Crippen LogP contribution in [0.15, 0.2) is 0 Å². The van der Waals surface area contributed by atoms with Crippen LogP contribution < -0.4 is 5.73 Å². The van der Waals surface area contributed by atoms with Gasteiger partial charge in [0.2, 0.25) is 0 Å². The average molecular weight is 192 g/mol. The molecule has 0 heterocycles. The van der Waals surface area contributed by atoms with E-state index in [9.17, 15) is 0 Å². The lowest BCUT2D eigenvalue weighted by Gasteiger charge is -2.63. The summed E-state index contributed by atoms with van der Waals surface area (Å²) in [5.41, 5.74) is 6.32. The number of rotatable bonds is 2. The summed E-state index contributed by atoms with van der Waals surface area (Å²) in [5, 5.41) is 0. The van der Waals surface area contributed by atoms with Crippen LogP contribution in [-0.4, -0.2) is 19.3 Å². The molecule has 0 aromatic rings. The maximum Gasteiger partial charge on any atom is 0.0856 e. The summed E-state index contributed by atoms with van der Waals surface area (Å²) in [4.78, 5) is 0. The Hall–Kier alpha value is 0.210. The quantitative estimate of drug-likeness (QED) is 0.722. The van der Waals surface area contributed by atoms with Crippen molar-refractivity contribution < 1.29 is 4.74 Å². The Morgan fingerprint density at radius 1 is 1.25 bits per heavy atom. The fourth-order valence-corrected chi connectivity index (χ4v) is 2.79. The molecular formula is C9H18ClNO. The Morgan fingerprint density at radius 2 is 1.92 bits per heavy atom. The third-order valence-electron chi connectivity index (χ3n) is 4.01. The summed E-state index contributed by atoms with van der Waals surface area (Å²) < 4.78 is 5.56. The van der Waals surface area contributed by atoms with Gasteiger partial charge in [-0.3, -0.25) is 0 Å². The Balaban J connectivity index is 0.000000720. The highest BCUT2D eigenvalue weighted by atomic mass is 35.5. The van der Waals surface area contributed by atoms with Gasteiger partial charge in [0.05, 0.1) is 5.60 Å². The molecule has 3 heteroatoms. The lowest BCUT2D eigenvalue weighted by atomic mass is 9.47. The maximum absolute atomic E-state index is 5.74. The van der Waals surface area contributed by atoms with E-state index >= 15 is 0 Å². The lowest BCUT2D eigenvalue weighted by Crippen LogP contribution is -2.65. The van der Waals surface area contributed by atoms with Gasteiger partial charge in [-0.2, -0.15) is 0 Å². The van der Waals surface area contributed by atoms with Gasteiger partial charge in [-0.1, -0.05) is 6.42 Å². The van der Waals surface area contributed by atoms with Crippen LogP contribution in [0.3, 0.4) is 0 Å². The Labute approximate surface area is 80.3 Å². The fraction of sp³-hybridized carbons (Fsp3) is 1.00. The fourth-order valence-electron chi connectivity index (χ4n) is 2.79. The van der Waals surface area contributed by atoms with Crippen LogP contribution in [0, 0.1) is 5.41 Å². The van der Waals surface area contributed by atoms with E-state index in [0.717, 1.165) is 0 Å². The van der Waals surface area contributed by atoms with Crippen molar-refractivity contribution in [1.82, 2.24) is 0 Å². The van der Waals surface area contributed by atoms with Gasteiger partial charge in [-0.05, 0) is 25.7 Å². The van der Waals surface area contributed by atoms with Crippen LogP contribution in [0.2, 0.25) is 0 Å². The Morgan fingerprint density at radius 3 is 2.00 bits per heavy atom. The molecule has 1 unspecified atom stereocenters. The zero-order chi connectivity index (χ0) is 7.95. The average Bonchev–Trinajstić information content (AvgIpc) is 1.86. The number of methoxy groups -OCH3 is 1. The zero-order valence-electron chi connectivity index (χ0n) is 7.64. The molecule has 2 fully saturated rings. The SMILES string of the molecule is COC1(CN)CCC12CCC2.Cl. The lowest BCUT2D eigenvalue weighted by molar-refractivity contribution is -0.216. The minimum atomic E-state index is 0. The highest BCUT2D eigenvalue weighted by Gasteiger charge is 2.61. The summed E-state index contributed by atoms with van der Waals surface area (Å²) in [7, 11) is 1.81. The van der Waals surface area contributed by atoms with E-state index in [4.69, 9.17) is 10.5 Å². The second-order valence-electron chi connectivity index (χ2n) is 4.04. The normalized spacial score (nSPS) is 36.5. The molecule has 2 N–H and O–H groups in total. The van der Waals surface area contributed by atoms with Crippen molar-refractivity contribution >= 4 is 12.4 Å². The molecule has 72 valence electrons. The molecule has 1 spiro atoms. The molecule has 0 aromatic heterocycles. The summed E-state index contributed by atoms with van der Waals surface area (Å²) in [6.45, 7) is 0.712. The van der Waals surface area contributed by atoms with Gasteiger partial charge in [-0.25, -0.2) is 0 Å². The van der Waals surface area contributed by atoms with Gasteiger partial charge < -0.3 is 10.5 Å². The van der Waals surface area contributed by atoms with Gasteiger partial charge >= 0.3 is 0 Å². The van der Waals surface area contributed by atoms with Gasteiger partial charge in [0.1, 0.15) is 0 Å². The first-order chi connectivity index (χ1) is 5.29. The summed E-state index contributed by atoms with van der Waals surface area (Å²) >= 11 is 0. The molecule has 2 rings (SSSR count). The van der Waals surface area contributed by atoms with Crippen molar-refractivity contribution in [3.05, 3.63) is 0 Å². The highest BCUT2D eigenvalue weighted by Crippen LogP contribution is 2.63. The smallest absolute Gasteiger partial charge is 0.0856 e. The third-order valence-corrected chi connectivity index (χ3v) is 4.01. The number of halogens is 1. The number of hydrogen-bond acceptors (Lipinski definition) is 2.